The highest BCUT2D eigenvalue weighted by Crippen LogP contribution is 2.35. The fourth-order valence-corrected chi connectivity index (χ4v) is 4.94. The maximum Gasteiger partial charge on any atom is 0.223 e. The third-order valence-corrected chi connectivity index (χ3v) is 7.18. The van der Waals surface area contributed by atoms with Crippen LogP contribution in [0.3, 0.4) is 0 Å². The fourth-order valence-electron chi connectivity index (χ4n) is 4.73. The van der Waals surface area contributed by atoms with Crippen LogP contribution in [-0.2, 0) is 4.79 Å². The average molecular weight is 527 g/mol. The summed E-state index contributed by atoms with van der Waals surface area (Å²) in [7, 11) is 1.93. The number of phenols is 1. The number of hydrogen-bond acceptors (Lipinski definition) is 6. The molecule has 0 atom stereocenters. The molecule has 1 aliphatic carbocycles. The second-order valence-corrected chi connectivity index (χ2v) is 10.1. The second-order valence-electron chi connectivity index (χ2n) is 9.66. The number of halogens is 2. The highest BCUT2D eigenvalue weighted by molar-refractivity contribution is 6.32. The number of ketones is 1. The van der Waals surface area contributed by atoms with Crippen molar-refractivity contribution in [2.75, 3.05) is 32.1 Å². The number of rotatable bonds is 9. The third-order valence-electron chi connectivity index (χ3n) is 6.89. The van der Waals surface area contributed by atoms with Crippen molar-refractivity contribution in [3.8, 4) is 16.9 Å². The number of aromatic nitrogens is 1. The van der Waals surface area contributed by atoms with Gasteiger partial charge in [-0.05, 0) is 62.2 Å². The zero-order valence-electron chi connectivity index (χ0n) is 21.1. The first kappa shape index (κ1) is 26.8. The Labute approximate surface area is 221 Å². The molecule has 1 heterocycles. The van der Waals surface area contributed by atoms with E-state index in [1.54, 1.807) is 18.3 Å². The van der Waals surface area contributed by atoms with Crippen LogP contribution in [-0.4, -0.2) is 53.5 Å². The maximum absolute atomic E-state index is 14.1. The summed E-state index contributed by atoms with van der Waals surface area (Å²) in [5.74, 6) is -1.27. The maximum atomic E-state index is 14.1. The Morgan fingerprint density at radius 3 is 2.62 bits per heavy atom. The largest absolute Gasteiger partial charge is 0.504 e. The molecule has 196 valence electrons. The Bertz CT molecular complexity index is 1290. The Kier molecular flexibility index (Phi) is 8.61. The molecule has 1 fully saturated rings. The monoisotopic (exact) mass is 526 g/mol. The second kappa shape index (κ2) is 11.9. The summed E-state index contributed by atoms with van der Waals surface area (Å²) < 4.78 is 14.1. The Hall–Kier alpha value is -3.23. The number of anilines is 1. The van der Waals surface area contributed by atoms with Gasteiger partial charge in [0.25, 0.3) is 0 Å². The van der Waals surface area contributed by atoms with E-state index in [1.807, 2.05) is 18.0 Å². The summed E-state index contributed by atoms with van der Waals surface area (Å²) in [6.45, 7) is 3.10. The molecule has 3 aromatic rings. The predicted molar refractivity (Wildman–Crippen MR) is 145 cm³/mol. The molecule has 1 aliphatic rings. The van der Waals surface area contributed by atoms with E-state index in [9.17, 15) is 19.1 Å². The van der Waals surface area contributed by atoms with Gasteiger partial charge < -0.3 is 15.7 Å². The van der Waals surface area contributed by atoms with Gasteiger partial charge in [0.1, 0.15) is 0 Å². The van der Waals surface area contributed by atoms with Crippen molar-refractivity contribution in [3.63, 3.8) is 0 Å². The quantitative estimate of drug-likeness (QED) is 0.248. The molecule has 0 radical (unpaired) electrons. The molecule has 0 bridgehead atoms. The molecule has 0 aliphatic heterocycles. The lowest BCUT2D eigenvalue weighted by molar-refractivity contribution is -0.125. The highest BCUT2D eigenvalue weighted by Gasteiger charge is 2.21. The van der Waals surface area contributed by atoms with Gasteiger partial charge in [0, 0.05) is 30.6 Å². The normalized spacial score (nSPS) is 14.2. The van der Waals surface area contributed by atoms with E-state index >= 15 is 0 Å². The number of hydrogen-bond donors (Lipinski definition) is 3. The molecule has 1 saturated carbocycles. The number of carbonyl (C=O) groups is 2. The van der Waals surface area contributed by atoms with Crippen LogP contribution >= 0.6 is 11.6 Å². The van der Waals surface area contributed by atoms with Crippen LogP contribution in [0, 0.1) is 11.7 Å². The third kappa shape index (κ3) is 6.37. The average Bonchev–Trinajstić information content (AvgIpc) is 2.89. The van der Waals surface area contributed by atoms with Gasteiger partial charge in [-0.3, -0.25) is 19.5 Å². The van der Waals surface area contributed by atoms with Gasteiger partial charge in [0.15, 0.2) is 17.3 Å². The zero-order chi connectivity index (χ0) is 26.5. The van der Waals surface area contributed by atoms with Crippen molar-refractivity contribution in [1.82, 2.24) is 15.2 Å². The van der Waals surface area contributed by atoms with Crippen LogP contribution in [0.15, 0.2) is 36.5 Å². The predicted octanol–water partition coefficient (Wildman–Crippen LogP) is 5.60. The van der Waals surface area contributed by atoms with Crippen LogP contribution in [0.5, 0.6) is 5.75 Å². The van der Waals surface area contributed by atoms with Crippen LogP contribution < -0.4 is 10.6 Å². The van der Waals surface area contributed by atoms with Gasteiger partial charge in [-0.1, -0.05) is 36.9 Å². The summed E-state index contributed by atoms with van der Waals surface area (Å²) >= 11 is 5.98. The minimum atomic E-state index is -0.811. The minimum Gasteiger partial charge on any atom is -0.504 e. The molecule has 7 nitrogen and oxygen atoms in total. The number of Topliss-reactive ketones (excluding diaryl/α,β-unsaturated/α-hetero) is 1. The van der Waals surface area contributed by atoms with E-state index in [2.05, 4.69) is 15.6 Å². The van der Waals surface area contributed by atoms with Gasteiger partial charge >= 0.3 is 0 Å². The highest BCUT2D eigenvalue weighted by atomic mass is 35.5. The molecule has 1 amide bonds. The number of phenolic OH excluding ortho intramolecular Hbond substituents is 1. The minimum absolute atomic E-state index is 0.0822. The molecule has 9 heteroatoms. The van der Waals surface area contributed by atoms with Gasteiger partial charge in [0.05, 0.1) is 28.5 Å². The van der Waals surface area contributed by atoms with Crippen molar-refractivity contribution in [2.45, 2.75) is 39.0 Å². The molecule has 0 spiro atoms. The smallest absolute Gasteiger partial charge is 0.223 e. The number of fused-ring (bicyclic) bond motifs is 1. The number of nitrogens with one attached hydrogen (secondary N) is 2. The van der Waals surface area contributed by atoms with E-state index in [-0.39, 0.29) is 22.6 Å². The molecule has 0 unspecified atom stereocenters. The van der Waals surface area contributed by atoms with E-state index in [4.69, 9.17) is 11.6 Å². The number of aromatic hydroxyl groups is 1. The first-order valence-corrected chi connectivity index (χ1v) is 12.9. The summed E-state index contributed by atoms with van der Waals surface area (Å²) in [4.78, 5) is 31.2. The lowest BCUT2D eigenvalue weighted by Crippen LogP contribution is -2.38. The lowest BCUT2D eigenvalue weighted by Gasteiger charge is -2.23. The molecule has 1 aromatic heterocycles. The topological polar surface area (TPSA) is 94.6 Å². The Morgan fingerprint density at radius 1 is 1.16 bits per heavy atom. The summed E-state index contributed by atoms with van der Waals surface area (Å²) in [5, 5.41) is 16.7. The molecular weight excluding hydrogens is 495 g/mol. The Morgan fingerprint density at radius 2 is 1.92 bits per heavy atom. The van der Waals surface area contributed by atoms with Crippen LogP contribution in [0.1, 0.15) is 49.4 Å². The molecule has 0 saturated heterocycles. The SMILES string of the molecule is CC(=O)c1cnc2ccc(-c3cc(F)c(O)c(Cl)c3)cc2c1NCN(C)CCNC(=O)C1CCCCC1. The molecule has 4 rings (SSSR count). The van der Waals surface area contributed by atoms with Crippen LogP contribution in [0.4, 0.5) is 10.1 Å². The summed E-state index contributed by atoms with van der Waals surface area (Å²) in [6.07, 6.45) is 6.95. The van der Waals surface area contributed by atoms with Crippen molar-refractivity contribution in [1.29, 1.82) is 0 Å². The molecule has 2 aromatic carbocycles. The van der Waals surface area contributed by atoms with E-state index in [1.165, 1.54) is 25.5 Å². The van der Waals surface area contributed by atoms with E-state index in [0.29, 0.717) is 53.0 Å². The van der Waals surface area contributed by atoms with Gasteiger partial charge in [-0.2, -0.15) is 0 Å². The van der Waals surface area contributed by atoms with Gasteiger partial charge in [-0.15, -0.1) is 0 Å². The van der Waals surface area contributed by atoms with Crippen LogP contribution in [0.2, 0.25) is 5.02 Å². The number of amides is 1. The standard InChI is InChI=1S/C28H32ClFN4O3/c1-17(35)22-15-32-25-9-8-19(20-13-23(29)27(36)24(30)14-20)12-21(25)26(22)33-16-34(2)11-10-31-28(37)18-6-4-3-5-7-18/h8-9,12-15,18,36H,3-7,10-11,16H2,1-2H3,(H,31,37)(H,32,33). The van der Waals surface area contributed by atoms with Crippen molar-refractivity contribution >= 4 is 39.9 Å². The van der Waals surface area contributed by atoms with Gasteiger partial charge in [0.2, 0.25) is 5.91 Å². The Balaban J connectivity index is 1.50. The van der Waals surface area contributed by atoms with E-state index < -0.39 is 11.6 Å². The van der Waals surface area contributed by atoms with Crippen molar-refractivity contribution in [2.24, 2.45) is 5.92 Å². The first-order chi connectivity index (χ1) is 17.7. The number of likely N-dealkylation sites (N-methyl/N-ethyl adjacent to an activating group) is 1. The number of nitrogens with zero attached hydrogens (tertiary/aromatic N) is 2. The molecule has 3 N–H and O–H groups in total. The van der Waals surface area contributed by atoms with Gasteiger partial charge in [-0.25, -0.2) is 4.39 Å². The lowest BCUT2D eigenvalue weighted by atomic mass is 9.89. The van der Waals surface area contributed by atoms with Crippen molar-refractivity contribution in [3.05, 3.63) is 52.9 Å². The zero-order valence-corrected chi connectivity index (χ0v) is 21.9. The summed E-state index contributed by atoms with van der Waals surface area (Å²) in [5.41, 5.74) is 2.90. The molecular formula is C28H32ClFN4O3. The summed E-state index contributed by atoms with van der Waals surface area (Å²) in [6, 6.07) is 8.11. The number of benzene rings is 2. The van der Waals surface area contributed by atoms with E-state index in [0.717, 1.165) is 25.7 Å². The van der Waals surface area contributed by atoms with Crippen LogP contribution in [0.25, 0.3) is 22.0 Å². The fraction of sp³-hybridized carbons (Fsp3) is 0.393. The number of pyridine rings is 1. The molecule has 37 heavy (non-hydrogen) atoms. The van der Waals surface area contributed by atoms with Crippen molar-refractivity contribution < 1.29 is 19.1 Å². The first-order valence-electron chi connectivity index (χ1n) is 12.6. The number of carbonyl (C=O) groups excluding carboxylic acids is 2.